The molecule has 1 heterocycles. The van der Waals surface area contributed by atoms with Crippen molar-refractivity contribution >= 4 is 34.1 Å². The van der Waals surface area contributed by atoms with Crippen molar-refractivity contribution in [2.45, 2.75) is 10.1 Å². The Kier molecular flexibility index (Phi) is 6.36. The number of carbonyl (C=O) groups is 1. The maximum atomic E-state index is 13.7. The molecule has 0 atom stereocenters. The van der Waals surface area contributed by atoms with Crippen molar-refractivity contribution in [3.8, 4) is 11.5 Å². The van der Waals surface area contributed by atoms with Crippen LogP contribution in [0.2, 0.25) is 0 Å². The van der Waals surface area contributed by atoms with Gasteiger partial charge in [-0.3, -0.25) is 10.1 Å². The normalized spacial score (nSPS) is 10.6. The second-order valence-corrected chi connectivity index (χ2v) is 8.35. The van der Waals surface area contributed by atoms with Crippen molar-refractivity contribution in [1.29, 1.82) is 0 Å². The van der Waals surface area contributed by atoms with Gasteiger partial charge in [-0.05, 0) is 42.0 Å². The number of halogens is 1. The van der Waals surface area contributed by atoms with E-state index in [9.17, 15) is 9.18 Å². The van der Waals surface area contributed by atoms with Crippen LogP contribution in [0.15, 0.2) is 83.2 Å². The van der Waals surface area contributed by atoms with E-state index in [2.05, 4.69) is 15.5 Å². The summed E-state index contributed by atoms with van der Waals surface area (Å²) in [6.07, 6.45) is 0. The summed E-state index contributed by atoms with van der Waals surface area (Å²) in [5.74, 6) is 1.13. The van der Waals surface area contributed by atoms with Gasteiger partial charge in [0.05, 0.1) is 0 Å². The first kappa shape index (κ1) is 20.1. The topological polar surface area (TPSA) is 64.1 Å². The Hall–Kier alpha value is -3.23. The highest BCUT2D eigenvalue weighted by Crippen LogP contribution is 2.29. The first-order valence-corrected chi connectivity index (χ1v) is 10.8. The zero-order valence-corrected chi connectivity index (χ0v) is 17.3. The van der Waals surface area contributed by atoms with E-state index in [1.54, 1.807) is 42.5 Å². The predicted octanol–water partition coefficient (Wildman–Crippen LogP) is 6.01. The van der Waals surface area contributed by atoms with Gasteiger partial charge in [-0.15, -0.1) is 10.2 Å². The summed E-state index contributed by atoms with van der Waals surface area (Å²) in [6.45, 7) is 0. The zero-order chi connectivity index (χ0) is 20.8. The number of hydrogen-bond acceptors (Lipinski definition) is 6. The molecule has 0 fully saturated rings. The summed E-state index contributed by atoms with van der Waals surface area (Å²) in [4.78, 5) is 12.6. The van der Waals surface area contributed by atoms with Crippen LogP contribution in [0.25, 0.3) is 0 Å². The van der Waals surface area contributed by atoms with E-state index in [1.165, 1.54) is 29.2 Å². The van der Waals surface area contributed by atoms with Crippen LogP contribution in [0, 0.1) is 5.82 Å². The van der Waals surface area contributed by atoms with Crippen molar-refractivity contribution in [2.75, 3.05) is 5.32 Å². The number of nitrogens with zero attached hydrogens (tertiary/aromatic N) is 2. The molecule has 5 nitrogen and oxygen atoms in total. The fourth-order valence-electron chi connectivity index (χ4n) is 2.57. The number of amides is 1. The van der Waals surface area contributed by atoms with Gasteiger partial charge in [-0.2, -0.15) is 0 Å². The first-order valence-electron chi connectivity index (χ1n) is 9.01. The smallest absolute Gasteiger partial charge is 0.257 e. The van der Waals surface area contributed by atoms with Crippen molar-refractivity contribution in [1.82, 2.24) is 10.2 Å². The molecule has 0 saturated heterocycles. The Balaban J connectivity index is 1.37. The van der Waals surface area contributed by atoms with Gasteiger partial charge in [-0.1, -0.05) is 65.6 Å². The largest absolute Gasteiger partial charge is 0.457 e. The number of aromatic nitrogens is 2. The fourth-order valence-corrected chi connectivity index (χ4v) is 4.30. The van der Waals surface area contributed by atoms with Crippen molar-refractivity contribution in [2.24, 2.45) is 0 Å². The molecule has 0 aliphatic carbocycles. The maximum absolute atomic E-state index is 13.7. The summed E-state index contributed by atoms with van der Waals surface area (Å²) in [5.41, 5.74) is 1.04. The Bertz CT molecular complexity index is 1150. The third-order valence-electron chi connectivity index (χ3n) is 4.01. The Morgan fingerprint density at radius 1 is 0.967 bits per heavy atom. The number of para-hydroxylation sites is 1. The highest BCUT2D eigenvalue weighted by molar-refractivity contribution is 8.00. The Morgan fingerprint density at radius 3 is 2.57 bits per heavy atom. The number of ether oxygens (including phenoxy) is 1. The van der Waals surface area contributed by atoms with Gasteiger partial charge < -0.3 is 4.74 Å². The van der Waals surface area contributed by atoms with E-state index in [0.29, 0.717) is 37.8 Å². The number of rotatable bonds is 7. The summed E-state index contributed by atoms with van der Waals surface area (Å²) in [5, 5.41) is 11.2. The van der Waals surface area contributed by atoms with Crippen LogP contribution in [-0.2, 0) is 5.75 Å². The molecule has 1 N–H and O–H groups in total. The number of hydrogen-bond donors (Lipinski definition) is 1. The van der Waals surface area contributed by atoms with Gasteiger partial charge in [0.25, 0.3) is 5.91 Å². The molecule has 0 spiro atoms. The summed E-state index contributed by atoms with van der Waals surface area (Å²) < 4.78 is 20.1. The standard InChI is InChI=1S/C22H16FN3O2S2/c23-19-12-5-4-7-16(19)14-29-22-26-25-21(30-22)24-20(27)15-8-6-11-18(13-15)28-17-9-2-1-3-10-17/h1-13H,14H2,(H,24,25,27). The van der Waals surface area contributed by atoms with E-state index in [-0.39, 0.29) is 11.7 Å². The minimum absolute atomic E-state index is 0.249. The molecule has 0 radical (unpaired) electrons. The maximum Gasteiger partial charge on any atom is 0.257 e. The van der Waals surface area contributed by atoms with Gasteiger partial charge in [0, 0.05) is 11.3 Å². The molecule has 0 aliphatic rings. The van der Waals surface area contributed by atoms with E-state index in [4.69, 9.17) is 4.74 Å². The highest BCUT2D eigenvalue weighted by Gasteiger charge is 2.12. The summed E-state index contributed by atoms with van der Waals surface area (Å²) >= 11 is 2.61. The second-order valence-electron chi connectivity index (χ2n) is 6.15. The molecule has 30 heavy (non-hydrogen) atoms. The third kappa shape index (κ3) is 5.22. The molecule has 0 unspecified atom stereocenters. The summed E-state index contributed by atoms with van der Waals surface area (Å²) in [7, 11) is 0. The lowest BCUT2D eigenvalue weighted by Crippen LogP contribution is -2.11. The zero-order valence-electron chi connectivity index (χ0n) is 15.6. The molecule has 4 aromatic rings. The van der Waals surface area contributed by atoms with E-state index < -0.39 is 0 Å². The minimum atomic E-state index is -0.310. The lowest BCUT2D eigenvalue weighted by atomic mass is 10.2. The molecule has 150 valence electrons. The number of benzene rings is 3. The molecular formula is C22H16FN3O2S2. The third-order valence-corrected chi connectivity index (χ3v) is 6.03. The molecule has 1 aromatic heterocycles. The molecule has 0 aliphatic heterocycles. The van der Waals surface area contributed by atoms with Crippen molar-refractivity contribution in [3.63, 3.8) is 0 Å². The lowest BCUT2D eigenvalue weighted by Gasteiger charge is -2.07. The van der Waals surface area contributed by atoms with Crippen molar-refractivity contribution < 1.29 is 13.9 Å². The van der Waals surface area contributed by atoms with Crippen LogP contribution in [0.5, 0.6) is 11.5 Å². The fraction of sp³-hybridized carbons (Fsp3) is 0.0455. The number of nitrogens with one attached hydrogen (secondary N) is 1. The van der Waals surface area contributed by atoms with Crippen LogP contribution < -0.4 is 10.1 Å². The average molecular weight is 438 g/mol. The summed E-state index contributed by atoms with van der Waals surface area (Å²) in [6, 6.07) is 22.8. The molecule has 3 aromatic carbocycles. The van der Waals surface area contributed by atoms with Crippen LogP contribution in [0.3, 0.4) is 0 Å². The monoisotopic (exact) mass is 437 g/mol. The van der Waals surface area contributed by atoms with E-state index >= 15 is 0 Å². The highest BCUT2D eigenvalue weighted by atomic mass is 32.2. The van der Waals surface area contributed by atoms with Gasteiger partial charge in [0.1, 0.15) is 17.3 Å². The van der Waals surface area contributed by atoms with Crippen LogP contribution in [-0.4, -0.2) is 16.1 Å². The van der Waals surface area contributed by atoms with Gasteiger partial charge in [0.2, 0.25) is 5.13 Å². The molecule has 4 rings (SSSR count). The number of thioether (sulfide) groups is 1. The second kappa shape index (κ2) is 9.51. The van der Waals surface area contributed by atoms with Crippen molar-refractivity contribution in [3.05, 3.63) is 95.8 Å². The molecule has 0 bridgehead atoms. The van der Waals surface area contributed by atoms with E-state index in [1.807, 2.05) is 30.3 Å². The minimum Gasteiger partial charge on any atom is -0.457 e. The average Bonchev–Trinajstić information content (AvgIpc) is 3.21. The van der Waals surface area contributed by atoms with Gasteiger partial charge in [-0.25, -0.2) is 4.39 Å². The van der Waals surface area contributed by atoms with Gasteiger partial charge in [0.15, 0.2) is 4.34 Å². The Labute approximate surface area is 180 Å². The SMILES string of the molecule is O=C(Nc1nnc(SCc2ccccc2F)s1)c1cccc(Oc2ccccc2)c1. The number of anilines is 1. The quantitative estimate of drug-likeness (QED) is 0.283. The van der Waals surface area contributed by atoms with E-state index in [0.717, 1.165) is 0 Å². The molecule has 8 heteroatoms. The molecule has 0 saturated carbocycles. The van der Waals surface area contributed by atoms with Crippen LogP contribution >= 0.6 is 23.1 Å². The van der Waals surface area contributed by atoms with Crippen LogP contribution in [0.1, 0.15) is 15.9 Å². The first-order chi connectivity index (χ1) is 14.7. The Morgan fingerprint density at radius 2 is 1.73 bits per heavy atom. The molecule has 1 amide bonds. The molecular weight excluding hydrogens is 421 g/mol. The van der Waals surface area contributed by atoms with Gasteiger partial charge >= 0.3 is 0 Å². The predicted molar refractivity (Wildman–Crippen MR) is 117 cm³/mol. The van der Waals surface area contributed by atoms with Crippen LogP contribution in [0.4, 0.5) is 9.52 Å². The number of carbonyl (C=O) groups excluding carboxylic acids is 1. The lowest BCUT2D eigenvalue weighted by molar-refractivity contribution is 0.102.